The second kappa shape index (κ2) is 4.82. The largest absolute Gasteiger partial charge is 0.461 e. The van der Waals surface area contributed by atoms with Crippen molar-refractivity contribution >= 4 is 13.6 Å². The number of ether oxygens (including phenoxy) is 1. The minimum atomic E-state index is -5.29. The quantitative estimate of drug-likeness (QED) is 0.572. The molecule has 0 aliphatic rings. The Morgan fingerprint density at radius 2 is 1.93 bits per heavy atom. The van der Waals surface area contributed by atoms with Crippen LogP contribution in [-0.4, -0.2) is 29.7 Å². The van der Waals surface area contributed by atoms with Crippen LogP contribution < -0.4 is 0 Å². The molecule has 0 heterocycles. The summed E-state index contributed by atoms with van der Waals surface area (Å²) in [4.78, 5) is 19.3. The van der Waals surface area contributed by atoms with Gasteiger partial charge in [-0.05, 0) is 13.8 Å². The number of rotatable bonds is 5. The topological polar surface area (TPSA) is 72.8 Å². The molecule has 0 spiro atoms. The maximum Gasteiger partial charge on any atom is 0.440 e. The van der Waals surface area contributed by atoms with E-state index in [1.54, 1.807) is 0 Å². The third kappa shape index (κ3) is 2.73. The van der Waals surface area contributed by atoms with Crippen LogP contribution in [0.5, 0.6) is 0 Å². The zero-order valence-electron chi connectivity index (χ0n) is 7.70. The smallest absolute Gasteiger partial charge is 0.440 e. The summed E-state index contributed by atoms with van der Waals surface area (Å²) in [5, 5.41) is 0. The lowest BCUT2D eigenvalue weighted by atomic mass is 10.7. The first-order chi connectivity index (χ1) is 6.29. The maximum absolute atomic E-state index is 12.9. The summed E-state index contributed by atoms with van der Waals surface area (Å²) >= 11 is 0. The first-order valence-electron chi connectivity index (χ1n) is 3.82. The SMILES string of the molecule is CCOC(=O)C(F)(F)P(=O)(O)OCC. The van der Waals surface area contributed by atoms with E-state index in [4.69, 9.17) is 4.89 Å². The van der Waals surface area contributed by atoms with Crippen molar-refractivity contribution in [1.29, 1.82) is 0 Å². The first-order valence-corrected chi connectivity index (χ1v) is 5.39. The van der Waals surface area contributed by atoms with Gasteiger partial charge >= 0.3 is 19.2 Å². The lowest BCUT2D eigenvalue weighted by Crippen LogP contribution is -2.31. The highest BCUT2D eigenvalue weighted by molar-refractivity contribution is 7.55. The van der Waals surface area contributed by atoms with E-state index in [-0.39, 0.29) is 6.61 Å². The normalized spacial score (nSPS) is 16.1. The lowest BCUT2D eigenvalue weighted by Gasteiger charge is -2.19. The Morgan fingerprint density at radius 1 is 1.43 bits per heavy atom. The summed E-state index contributed by atoms with van der Waals surface area (Å²) < 4.78 is 44.4. The van der Waals surface area contributed by atoms with Gasteiger partial charge in [0.1, 0.15) is 0 Å². The number of hydrogen-bond donors (Lipinski definition) is 1. The summed E-state index contributed by atoms with van der Waals surface area (Å²) in [5.41, 5.74) is -4.51. The van der Waals surface area contributed by atoms with E-state index < -0.39 is 25.8 Å². The number of halogens is 2. The van der Waals surface area contributed by atoms with Gasteiger partial charge in [0.15, 0.2) is 0 Å². The number of alkyl halides is 2. The van der Waals surface area contributed by atoms with Gasteiger partial charge in [-0.15, -0.1) is 0 Å². The Morgan fingerprint density at radius 3 is 2.29 bits per heavy atom. The second-order valence-corrected chi connectivity index (χ2v) is 4.06. The molecule has 0 aromatic heterocycles. The molecule has 0 aromatic carbocycles. The van der Waals surface area contributed by atoms with Crippen LogP contribution in [-0.2, 0) is 18.6 Å². The number of carbonyl (C=O) groups excluding carboxylic acids is 1. The monoisotopic (exact) mass is 232 g/mol. The molecule has 8 heteroatoms. The van der Waals surface area contributed by atoms with Gasteiger partial charge in [0, 0.05) is 0 Å². The van der Waals surface area contributed by atoms with Gasteiger partial charge in [-0.3, -0.25) is 4.57 Å². The van der Waals surface area contributed by atoms with Gasteiger partial charge in [-0.1, -0.05) is 0 Å². The standard InChI is InChI=1S/C6H11F2O5P/c1-3-12-5(9)6(7,8)14(10,11)13-4-2/h3-4H2,1-2H3,(H,10,11). The van der Waals surface area contributed by atoms with E-state index >= 15 is 0 Å². The summed E-state index contributed by atoms with van der Waals surface area (Å²) in [7, 11) is -5.29. The van der Waals surface area contributed by atoms with E-state index in [0.717, 1.165) is 0 Å². The molecule has 84 valence electrons. The van der Waals surface area contributed by atoms with Crippen LogP contribution >= 0.6 is 7.60 Å². The molecule has 0 aromatic rings. The Bertz CT molecular complexity index is 255. The van der Waals surface area contributed by atoms with E-state index in [9.17, 15) is 18.1 Å². The molecule has 1 atom stereocenters. The molecule has 0 bridgehead atoms. The van der Waals surface area contributed by atoms with Crippen molar-refractivity contribution < 1.29 is 32.3 Å². The van der Waals surface area contributed by atoms with E-state index in [1.165, 1.54) is 13.8 Å². The predicted octanol–water partition coefficient (Wildman–Crippen LogP) is 1.36. The third-order valence-corrected chi connectivity index (χ3v) is 2.68. The number of esters is 1. The van der Waals surface area contributed by atoms with Crippen molar-refractivity contribution in [3.8, 4) is 0 Å². The minimum Gasteiger partial charge on any atom is -0.461 e. The van der Waals surface area contributed by atoms with Crippen LogP contribution in [0.25, 0.3) is 0 Å². The highest BCUT2D eigenvalue weighted by Crippen LogP contribution is 2.57. The summed E-state index contributed by atoms with van der Waals surface area (Å²) in [5.74, 6) is -2.06. The Labute approximate surface area is 79.5 Å². The fraction of sp³-hybridized carbons (Fsp3) is 0.833. The van der Waals surface area contributed by atoms with Crippen molar-refractivity contribution in [1.82, 2.24) is 0 Å². The van der Waals surface area contributed by atoms with Crippen molar-refractivity contribution in [3.63, 3.8) is 0 Å². The third-order valence-electron chi connectivity index (χ3n) is 1.18. The zero-order valence-corrected chi connectivity index (χ0v) is 8.59. The van der Waals surface area contributed by atoms with Crippen molar-refractivity contribution in [2.75, 3.05) is 13.2 Å². The molecule has 5 nitrogen and oxygen atoms in total. The van der Waals surface area contributed by atoms with Gasteiger partial charge in [0.25, 0.3) is 0 Å². The van der Waals surface area contributed by atoms with Crippen molar-refractivity contribution in [3.05, 3.63) is 0 Å². The van der Waals surface area contributed by atoms with Crippen molar-refractivity contribution in [2.24, 2.45) is 0 Å². The maximum atomic E-state index is 12.9. The van der Waals surface area contributed by atoms with Crippen LogP contribution in [0.4, 0.5) is 8.78 Å². The predicted molar refractivity (Wildman–Crippen MR) is 43.0 cm³/mol. The Balaban J connectivity index is 4.75. The lowest BCUT2D eigenvalue weighted by molar-refractivity contribution is -0.162. The average molecular weight is 232 g/mol. The molecule has 14 heavy (non-hydrogen) atoms. The van der Waals surface area contributed by atoms with Gasteiger partial charge < -0.3 is 14.2 Å². The molecule has 0 saturated carbocycles. The molecule has 0 fully saturated rings. The molecule has 0 amide bonds. The second-order valence-electron chi connectivity index (χ2n) is 2.20. The highest BCUT2D eigenvalue weighted by Gasteiger charge is 2.59. The van der Waals surface area contributed by atoms with Crippen LogP contribution in [0.2, 0.25) is 0 Å². The van der Waals surface area contributed by atoms with Crippen molar-refractivity contribution in [2.45, 2.75) is 19.5 Å². The molecule has 0 aliphatic carbocycles. The minimum absolute atomic E-state index is 0.305. The summed E-state index contributed by atoms with van der Waals surface area (Å²) in [6.07, 6.45) is 0. The highest BCUT2D eigenvalue weighted by atomic mass is 31.2. The molecular formula is C6H11F2O5P. The molecular weight excluding hydrogens is 221 g/mol. The van der Waals surface area contributed by atoms with Gasteiger partial charge in [0.05, 0.1) is 13.2 Å². The van der Waals surface area contributed by atoms with E-state index in [2.05, 4.69) is 9.26 Å². The van der Waals surface area contributed by atoms with Crippen LogP contribution in [0.3, 0.4) is 0 Å². The van der Waals surface area contributed by atoms with Gasteiger partial charge in [-0.25, -0.2) is 4.79 Å². The fourth-order valence-electron chi connectivity index (χ4n) is 0.589. The number of hydrogen-bond acceptors (Lipinski definition) is 4. The fourth-order valence-corrected chi connectivity index (χ4v) is 1.40. The average Bonchev–Trinajstić information content (AvgIpc) is 2.04. The number of carbonyl (C=O) groups is 1. The molecule has 0 aliphatic heterocycles. The first kappa shape index (κ1) is 13.5. The van der Waals surface area contributed by atoms with E-state index in [1.807, 2.05) is 0 Å². The summed E-state index contributed by atoms with van der Waals surface area (Å²) in [6, 6.07) is 0. The molecule has 0 rings (SSSR count). The zero-order chi connectivity index (χ0) is 11.4. The molecule has 1 N–H and O–H groups in total. The van der Waals surface area contributed by atoms with Crippen LogP contribution in [0, 0.1) is 0 Å². The van der Waals surface area contributed by atoms with Gasteiger partial charge in [0.2, 0.25) is 0 Å². The van der Waals surface area contributed by atoms with Crippen LogP contribution in [0.15, 0.2) is 0 Å². The molecule has 1 unspecified atom stereocenters. The van der Waals surface area contributed by atoms with E-state index in [0.29, 0.717) is 0 Å². The summed E-state index contributed by atoms with van der Waals surface area (Å²) in [6.45, 7) is 1.85. The molecule has 0 radical (unpaired) electrons. The molecule has 0 saturated heterocycles. The Hall–Kier alpha value is -0.520. The van der Waals surface area contributed by atoms with Crippen LogP contribution in [0.1, 0.15) is 13.8 Å². The Kier molecular flexibility index (Phi) is 4.64. The van der Waals surface area contributed by atoms with Gasteiger partial charge in [-0.2, -0.15) is 8.78 Å².